The van der Waals surface area contributed by atoms with Crippen molar-refractivity contribution in [2.45, 2.75) is 44.7 Å². The lowest BCUT2D eigenvalue weighted by molar-refractivity contribution is 0.410. The number of aryl methyl sites for hydroxylation is 1. The summed E-state index contributed by atoms with van der Waals surface area (Å²) in [5.41, 5.74) is 11.6. The molecule has 8 heteroatoms. The van der Waals surface area contributed by atoms with Crippen molar-refractivity contribution < 1.29 is 0 Å². The van der Waals surface area contributed by atoms with Gasteiger partial charge in [0.1, 0.15) is 5.65 Å². The number of fused-ring (bicyclic) bond motifs is 1. The van der Waals surface area contributed by atoms with Gasteiger partial charge in [-0.05, 0) is 56.4 Å². The van der Waals surface area contributed by atoms with Crippen LogP contribution in [0, 0.1) is 6.92 Å². The summed E-state index contributed by atoms with van der Waals surface area (Å²) in [4.78, 5) is 18.1. The van der Waals surface area contributed by atoms with Gasteiger partial charge in [0.25, 0.3) is 0 Å². The number of nitrogens with two attached hydrogens (primary N) is 1. The van der Waals surface area contributed by atoms with Gasteiger partial charge >= 0.3 is 0 Å². The third kappa shape index (κ3) is 4.20. The lowest BCUT2D eigenvalue weighted by Crippen LogP contribution is -2.33. The number of anilines is 3. The molecule has 0 unspecified atom stereocenters. The zero-order valence-corrected chi connectivity index (χ0v) is 17.5. The van der Waals surface area contributed by atoms with Crippen molar-refractivity contribution in [2.24, 2.45) is 5.73 Å². The fourth-order valence-corrected chi connectivity index (χ4v) is 4.05. The van der Waals surface area contributed by atoms with E-state index in [2.05, 4.69) is 25.6 Å². The molecule has 0 spiro atoms. The van der Waals surface area contributed by atoms with Crippen LogP contribution in [0.2, 0.25) is 0 Å². The van der Waals surface area contributed by atoms with Gasteiger partial charge < -0.3 is 16.4 Å². The van der Waals surface area contributed by atoms with Gasteiger partial charge in [0, 0.05) is 42.4 Å². The monoisotopic (exact) mass is 414 g/mol. The number of imidazole rings is 1. The topological polar surface area (TPSA) is 106 Å². The van der Waals surface area contributed by atoms with E-state index in [0.717, 1.165) is 59.7 Å². The Hall–Kier alpha value is -3.52. The molecule has 0 amide bonds. The van der Waals surface area contributed by atoms with E-state index in [1.165, 1.54) is 0 Å². The molecule has 1 aliphatic carbocycles. The Morgan fingerprint density at radius 2 is 1.90 bits per heavy atom. The van der Waals surface area contributed by atoms with Crippen LogP contribution in [-0.2, 0) is 0 Å². The Labute approximate surface area is 181 Å². The largest absolute Gasteiger partial charge is 0.354 e. The highest BCUT2D eigenvalue weighted by Crippen LogP contribution is 2.26. The fourth-order valence-electron chi connectivity index (χ4n) is 4.05. The molecule has 0 radical (unpaired) electrons. The van der Waals surface area contributed by atoms with Crippen molar-refractivity contribution in [1.82, 2.24) is 24.3 Å². The minimum Gasteiger partial charge on any atom is -0.354 e. The van der Waals surface area contributed by atoms with Crippen molar-refractivity contribution >= 4 is 23.0 Å². The number of nitrogens with zero attached hydrogens (tertiary/aromatic N) is 5. The molecule has 1 aliphatic rings. The van der Waals surface area contributed by atoms with E-state index in [9.17, 15) is 0 Å². The van der Waals surface area contributed by atoms with Crippen LogP contribution in [0.15, 0.2) is 55.2 Å². The molecule has 0 saturated heterocycles. The Kier molecular flexibility index (Phi) is 5.21. The van der Waals surface area contributed by atoms with Crippen molar-refractivity contribution in [3.05, 3.63) is 60.8 Å². The average Bonchev–Trinajstić information content (AvgIpc) is 3.20. The van der Waals surface area contributed by atoms with Crippen LogP contribution in [-0.4, -0.2) is 36.4 Å². The third-order valence-electron chi connectivity index (χ3n) is 5.78. The summed E-state index contributed by atoms with van der Waals surface area (Å²) < 4.78 is 2.05. The molecule has 1 fully saturated rings. The summed E-state index contributed by atoms with van der Waals surface area (Å²) >= 11 is 0. The van der Waals surface area contributed by atoms with Gasteiger partial charge in [0.05, 0.1) is 29.5 Å². The normalized spacial score (nSPS) is 18.8. The summed E-state index contributed by atoms with van der Waals surface area (Å²) in [5, 5.41) is 6.85. The van der Waals surface area contributed by atoms with E-state index in [-0.39, 0.29) is 0 Å². The number of aromatic nitrogens is 5. The van der Waals surface area contributed by atoms with Crippen molar-refractivity contribution in [2.75, 3.05) is 10.6 Å². The molecule has 4 aromatic rings. The molecule has 4 aromatic heterocycles. The minimum absolute atomic E-state index is 0.322. The van der Waals surface area contributed by atoms with Gasteiger partial charge in [-0.25, -0.2) is 15.0 Å². The first-order chi connectivity index (χ1) is 15.2. The Morgan fingerprint density at radius 3 is 2.71 bits per heavy atom. The second kappa shape index (κ2) is 8.31. The summed E-state index contributed by atoms with van der Waals surface area (Å²) in [6, 6.07) is 8.61. The standard InChI is InChI=1S/C23H26N8/c1-15-12-27-23(29-17-6-4-16(24)5-7-17)30-22(15)20-14-26-21-11-18(8-10-31(20)21)28-19-3-2-9-25-13-19/h2-3,8-14,16-17,28H,4-7,24H2,1H3,(H,27,29,30). The first-order valence-corrected chi connectivity index (χ1v) is 10.7. The minimum atomic E-state index is 0.322. The summed E-state index contributed by atoms with van der Waals surface area (Å²) in [6.07, 6.45) is 13.5. The smallest absolute Gasteiger partial charge is 0.223 e. The highest BCUT2D eigenvalue weighted by molar-refractivity contribution is 5.68. The lowest BCUT2D eigenvalue weighted by Gasteiger charge is -2.26. The van der Waals surface area contributed by atoms with E-state index >= 15 is 0 Å². The third-order valence-corrected chi connectivity index (χ3v) is 5.78. The van der Waals surface area contributed by atoms with Crippen LogP contribution in [0.3, 0.4) is 0 Å². The molecule has 0 atom stereocenters. The van der Waals surface area contributed by atoms with E-state index in [4.69, 9.17) is 10.7 Å². The van der Waals surface area contributed by atoms with Crippen LogP contribution < -0.4 is 16.4 Å². The van der Waals surface area contributed by atoms with E-state index in [0.29, 0.717) is 18.0 Å². The number of nitrogens with one attached hydrogen (secondary N) is 2. The highest BCUT2D eigenvalue weighted by atomic mass is 15.1. The number of hydrogen-bond acceptors (Lipinski definition) is 7. The van der Waals surface area contributed by atoms with Crippen LogP contribution in [0.1, 0.15) is 31.2 Å². The van der Waals surface area contributed by atoms with Gasteiger partial charge in [-0.1, -0.05) is 0 Å². The highest BCUT2D eigenvalue weighted by Gasteiger charge is 2.20. The summed E-state index contributed by atoms with van der Waals surface area (Å²) in [7, 11) is 0. The van der Waals surface area contributed by atoms with Crippen LogP contribution in [0.5, 0.6) is 0 Å². The maximum Gasteiger partial charge on any atom is 0.223 e. The van der Waals surface area contributed by atoms with Gasteiger partial charge in [-0.15, -0.1) is 0 Å². The molecular formula is C23H26N8. The molecule has 4 heterocycles. The number of rotatable bonds is 5. The van der Waals surface area contributed by atoms with Crippen LogP contribution in [0.25, 0.3) is 17.0 Å². The van der Waals surface area contributed by atoms with Gasteiger partial charge in [-0.3, -0.25) is 9.38 Å². The fraction of sp³-hybridized carbons (Fsp3) is 0.304. The maximum absolute atomic E-state index is 6.03. The molecule has 5 rings (SSSR count). The summed E-state index contributed by atoms with van der Waals surface area (Å²) in [6.45, 7) is 2.02. The zero-order valence-electron chi connectivity index (χ0n) is 17.5. The number of hydrogen-bond donors (Lipinski definition) is 3. The molecule has 0 aromatic carbocycles. The molecule has 4 N–H and O–H groups in total. The Bertz CT molecular complexity index is 1180. The second-order valence-electron chi connectivity index (χ2n) is 8.14. The first kappa shape index (κ1) is 19.4. The molecule has 0 aliphatic heterocycles. The van der Waals surface area contributed by atoms with Crippen LogP contribution in [0.4, 0.5) is 17.3 Å². The second-order valence-corrected chi connectivity index (χ2v) is 8.14. The predicted molar refractivity (Wildman–Crippen MR) is 122 cm³/mol. The molecule has 31 heavy (non-hydrogen) atoms. The van der Waals surface area contributed by atoms with E-state index in [1.54, 1.807) is 12.4 Å². The van der Waals surface area contributed by atoms with Crippen molar-refractivity contribution in [3.8, 4) is 11.4 Å². The SMILES string of the molecule is Cc1cnc(NC2CCC(N)CC2)nc1-c1cnc2cc(Nc3cccnc3)ccn12. The predicted octanol–water partition coefficient (Wildman–Crippen LogP) is 3.92. The van der Waals surface area contributed by atoms with Crippen LogP contribution >= 0.6 is 0 Å². The molecule has 8 nitrogen and oxygen atoms in total. The Balaban J connectivity index is 1.41. The Morgan fingerprint density at radius 1 is 1.03 bits per heavy atom. The zero-order chi connectivity index (χ0) is 21.2. The maximum atomic E-state index is 6.03. The summed E-state index contributed by atoms with van der Waals surface area (Å²) in [5.74, 6) is 0.658. The average molecular weight is 415 g/mol. The van der Waals surface area contributed by atoms with Gasteiger partial charge in [0.2, 0.25) is 5.95 Å². The molecule has 1 saturated carbocycles. The van der Waals surface area contributed by atoms with Gasteiger partial charge in [-0.2, -0.15) is 0 Å². The van der Waals surface area contributed by atoms with E-state index < -0.39 is 0 Å². The molecule has 158 valence electrons. The van der Waals surface area contributed by atoms with Gasteiger partial charge in [0.15, 0.2) is 0 Å². The van der Waals surface area contributed by atoms with Crippen molar-refractivity contribution in [3.63, 3.8) is 0 Å². The molecular weight excluding hydrogens is 388 g/mol. The van der Waals surface area contributed by atoms with E-state index in [1.807, 2.05) is 54.2 Å². The molecule has 0 bridgehead atoms. The first-order valence-electron chi connectivity index (χ1n) is 10.7. The van der Waals surface area contributed by atoms with Crippen molar-refractivity contribution in [1.29, 1.82) is 0 Å². The quantitative estimate of drug-likeness (QED) is 0.454. The number of pyridine rings is 2. The lowest BCUT2D eigenvalue weighted by atomic mass is 9.92.